The van der Waals surface area contributed by atoms with E-state index in [1.54, 1.807) is 18.2 Å². The molecule has 0 saturated carbocycles. The van der Waals surface area contributed by atoms with E-state index in [-0.39, 0.29) is 6.42 Å². The summed E-state index contributed by atoms with van der Waals surface area (Å²) in [5.74, 6) is -0.442. The van der Waals surface area contributed by atoms with E-state index in [1.165, 1.54) is 30.9 Å². The zero-order valence-electron chi connectivity index (χ0n) is 15.5. The van der Waals surface area contributed by atoms with Crippen LogP contribution in [0.5, 0.6) is 5.75 Å². The van der Waals surface area contributed by atoms with E-state index in [1.807, 2.05) is 19.1 Å². The number of aryl methyl sites for hydroxylation is 1. The molecule has 0 spiro atoms. The quantitative estimate of drug-likeness (QED) is 0.307. The first-order chi connectivity index (χ1) is 13.0. The minimum Gasteiger partial charge on any atom is -0.465 e. The second-order valence-corrected chi connectivity index (χ2v) is 5.82. The maximum Gasteiger partial charge on any atom is 0.337 e. The Labute approximate surface area is 159 Å². The van der Waals surface area contributed by atoms with Crippen LogP contribution in [0.15, 0.2) is 85.0 Å². The Kier molecular flexibility index (Phi) is 7.32. The summed E-state index contributed by atoms with van der Waals surface area (Å²) in [7, 11) is 1.29. The van der Waals surface area contributed by atoms with Crippen LogP contribution in [0.2, 0.25) is 0 Å². The Bertz CT molecular complexity index is 856. The molecule has 4 nitrogen and oxygen atoms in total. The highest BCUT2D eigenvalue weighted by molar-refractivity contribution is 5.92. The van der Waals surface area contributed by atoms with Gasteiger partial charge in [-0.05, 0) is 36.3 Å². The summed E-state index contributed by atoms with van der Waals surface area (Å²) in [6.07, 6.45) is 6.08. The molecule has 138 valence electrons. The van der Waals surface area contributed by atoms with Crippen molar-refractivity contribution in [2.75, 3.05) is 7.11 Å². The van der Waals surface area contributed by atoms with Gasteiger partial charge in [0.2, 0.25) is 0 Å². The van der Waals surface area contributed by atoms with Gasteiger partial charge in [0.1, 0.15) is 5.75 Å². The summed E-state index contributed by atoms with van der Waals surface area (Å²) in [4.78, 5) is 23.5. The van der Waals surface area contributed by atoms with Crippen molar-refractivity contribution >= 4 is 11.9 Å². The van der Waals surface area contributed by atoms with Gasteiger partial charge in [0.05, 0.1) is 19.1 Å². The Morgan fingerprint density at radius 2 is 1.59 bits per heavy atom. The standard InChI is InChI=1S/C23H22O4/c1-4-6-20(23(25)26-3)7-5-8-22(24)27-21-15-13-19(14-16-21)18-11-9-17(2)10-12-18/h4-7,9-16H,1,8H2,2-3H3/b7-5-,20-6+. The number of carbonyl (C=O) groups is 2. The fourth-order valence-electron chi connectivity index (χ4n) is 2.35. The van der Waals surface area contributed by atoms with Gasteiger partial charge in [-0.25, -0.2) is 4.79 Å². The molecule has 2 aromatic rings. The average Bonchev–Trinajstić information content (AvgIpc) is 2.68. The van der Waals surface area contributed by atoms with Gasteiger partial charge in [-0.15, -0.1) is 0 Å². The molecule has 2 aromatic carbocycles. The molecular weight excluding hydrogens is 340 g/mol. The van der Waals surface area contributed by atoms with E-state index in [0.717, 1.165) is 11.1 Å². The molecule has 0 heterocycles. The Hall–Kier alpha value is -3.40. The highest BCUT2D eigenvalue weighted by Crippen LogP contribution is 2.23. The summed E-state index contributed by atoms with van der Waals surface area (Å²) in [6.45, 7) is 5.58. The van der Waals surface area contributed by atoms with Crippen molar-refractivity contribution < 1.29 is 19.1 Å². The molecule has 0 aliphatic heterocycles. The topological polar surface area (TPSA) is 52.6 Å². The van der Waals surface area contributed by atoms with Gasteiger partial charge in [0, 0.05) is 0 Å². The highest BCUT2D eigenvalue weighted by Gasteiger charge is 2.06. The van der Waals surface area contributed by atoms with E-state index in [2.05, 4.69) is 35.6 Å². The van der Waals surface area contributed by atoms with Gasteiger partial charge in [0.25, 0.3) is 0 Å². The van der Waals surface area contributed by atoms with Gasteiger partial charge in [-0.1, -0.05) is 66.8 Å². The third-order valence-electron chi connectivity index (χ3n) is 3.77. The molecule has 0 bridgehead atoms. The maximum atomic E-state index is 12.0. The lowest BCUT2D eigenvalue weighted by Crippen LogP contribution is -2.07. The summed E-state index contributed by atoms with van der Waals surface area (Å²) in [5.41, 5.74) is 3.66. The normalized spacial score (nSPS) is 11.3. The number of esters is 2. The molecule has 0 atom stereocenters. The minimum atomic E-state index is -0.494. The molecule has 4 heteroatoms. The first kappa shape index (κ1) is 19.9. The van der Waals surface area contributed by atoms with Crippen LogP contribution in [-0.2, 0) is 14.3 Å². The van der Waals surface area contributed by atoms with Crippen LogP contribution in [0.4, 0.5) is 0 Å². The van der Waals surface area contributed by atoms with Gasteiger partial charge < -0.3 is 9.47 Å². The predicted octanol–water partition coefficient (Wildman–Crippen LogP) is 4.80. The summed E-state index contributed by atoms with van der Waals surface area (Å²) in [6, 6.07) is 15.5. The van der Waals surface area contributed by atoms with Crippen LogP contribution in [0.25, 0.3) is 11.1 Å². The average molecular weight is 362 g/mol. The van der Waals surface area contributed by atoms with Crippen LogP contribution < -0.4 is 4.74 Å². The van der Waals surface area contributed by atoms with Gasteiger partial charge >= 0.3 is 11.9 Å². The van der Waals surface area contributed by atoms with Crippen molar-refractivity contribution in [2.24, 2.45) is 0 Å². The summed E-state index contributed by atoms with van der Waals surface area (Å²) < 4.78 is 9.96. The van der Waals surface area contributed by atoms with Crippen LogP contribution in [0.3, 0.4) is 0 Å². The number of hydrogen-bond donors (Lipinski definition) is 0. The first-order valence-corrected chi connectivity index (χ1v) is 8.49. The predicted molar refractivity (Wildman–Crippen MR) is 106 cm³/mol. The van der Waals surface area contributed by atoms with Crippen molar-refractivity contribution in [2.45, 2.75) is 13.3 Å². The molecule has 0 saturated heterocycles. The molecule has 0 amide bonds. The number of methoxy groups -OCH3 is 1. The second kappa shape index (κ2) is 9.92. The molecule has 0 radical (unpaired) electrons. The lowest BCUT2D eigenvalue weighted by atomic mass is 10.0. The summed E-state index contributed by atoms with van der Waals surface area (Å²) >= 11 is 0. The Morgan fingerprint density at radius 3 is 2.15 bits per heavy atom. The van der Waals surface area contributed by atoms with Crippen molar-refractivity contribution in [3.63, 3.8) is 0 Å². The second-order valence-electron chi connectivity index (χ2n) is 5.82. The van der Waals surface area contributed by atoms with Gasteiger partial charge in [-0.3, -0.25) is 4.79 Å². The first-order valence-electron chi connectivity index (χ1n) is 8.49. The number of ether oxygens (including phenoxy) is 2. The molecule has 0 N–H and O–H groups in total. The molecule has 0 aliphatic carbocycles. The van der Waals surface area contributed by atoms with E-state index >= 15 is 0 Å². The fraction of sp³-hybridized carbons (Fsp3) is 0.130. The van der Waals surface area contributed by atoms with Gasteiger partial charge in [0.15, 0.2) is 0 Å². The Balaban J connectivity index is 1.94. The largest absolute Gasteiger partial charge is 0.465 e. The zero-order valence-corrected chi connectivity index (χ0v) is 15.5. The SMILES string of the molecule is C=C/C=C(\C=C/CC(=O)Oc1ccc(-c2ccc(C)cc2)cc1)C(=O)OC. The number of hydrogen-bond acceptors (Lipinski definition) is 4. The smallest absolute Gasteiger partial charge is 0.337 e. The van der Waals surface area contributed by atoms with Crippen molar-refractivity contribution in [1.29, 1.82) is 0 Å². The van der Waals surface area contributed by atoms with E-state index in [0.29, 0.717) is 11.3 Å². The van der Waals surface area contributed by atoms with E-state index < -0.39 is 11.9 Å². The number of benzene rings is 2. The number of carbonyl (C=O) groups excluding carboxylic acids is 2. The van der Waals surface area contributed by atoms with E-state index in [4.69, 9.17) is 4.74 Å². The number of allylic oxidation sites excluding steroid dienone is 2. The number of rotatable bonds is 7. The molecule has 0 fully saturated rings. The lowest BCUT2D eigenvalue weighted by Gasteiger charge is -2.06. The Morgan fingerprint density at radius 1 is 1.00 bits per heavy atom. The lowest BCUT2D eigenvalue weighted by molar-refractivity contribution is -0.136. The third-order valence-corrected chi connectivity index (χ3v) is 3.77. The molecule has 0 aliphatic rings. The summed E-state index contributed by atoms with van der Waals surface area (Å²) in [5, 5.41) is 0. The van der Waals surface area contributed by atoms with E-state index in [9.17, 15) is 9.59 Å². The van der Waals surface area contributed by atoms with Gasteiger partial charge in [-0.2, -0.15) is 0 Å². The minimum absolute atomic E-state index is 0.0329. The van der Waals surface area contributed by atoms with Crippen LogP contribution in [0, 0.1) is 6.92 Å². The van der Waals surface area contributed by atoms with Crippen LogP contribution in [-0.4, -0.2) is 19.0 Å². The third kappa shape index (κ3) is 6.12. The molecular formula is C23H22O4. The van der Waals surface area contributed by atoms with Crippen molar-refractivity contribution in [1.82, 2.24) is 0 Å². The monoisotopic (exact) mass is 362 g/mol. The maximum absolute atomic E-state index is 12.0. The van der Waals surface area contributed by atoms with Crippen LogP contribution >= 0.6 is 0 Å². The van der Waals surface area contributed by atoms with Crippen LogP contribution in [0.1, 0.15) is 12.0 Å². The molecule has 0 unspecified atom stereocenters. The van der Waals surface area contributed by atoms with Crippen molar-refractivity contribution in [3.8, 4) is 16.9 Å². The molecule has 2 rings (SSSR count). The molecule has 0 aromatic heterocycles. The highest BCUT2D eigenvalue weighted by atomic mass is 16.5. The fourth-order valence-corrected chi connectivity index (χ4v) is 2.35. The zero-order chi connectivity index (χ0) is 19.6. The molecule has 27 heavy (non-hydrogen) atoms. The van der Waals surface area contributed by atoms with Crippen molar-refractivity contribution in [3.05, 3.63) is 90.6 Å².